The molecule has 1 aromatic heterocycles. The number of hydrogen-bond donors (Lipinski definition) is 1. The Balaban J connectivity index is 1.77. The van der Waals surface area contributed by atoms with Crippen molar-refractivity contribution in [2.45, 2.75) is 18.0 Å². The van der Waals surface area contributed by atoms with Crippen LogP contribution in [0.4, 0.5) is 4.39 Å². The first-order valence-electron chi connectivity index (χ1n) is 7.34. The second-order valence-corrected chi connectivity index (χ2v) is 7.02. The molecule has 0 saturated carbocycles. The summed E-state index contributed by atoms with van der Waals surface area (Å²) in [6, 6.07) is 14.3. The molecule has 3 rings (SSSR count). The van der Waals surface area contributed by atoms with Crippen molar-refractivity contribution < 1.29 is 12.8 Å². The fourth-order valence-corrected chi connectivity index (χ4v) is 3.38. The molecular formula is C17H16FN3O2S. The molecule has 5 nitrogen and oxygen atoms in total. The number of hydrogen-bond acceptors (Lipinski definition) is 3. The van der Waals surface area contributed by atoms with Crippen LogP contribution in [-0.2, 0) is 23.1 Å². The second-order valence-electron chi connectivity index (χ2n) is 5.25. The summed E-state index contributed by atoms with van der Waals surface area (Å²) in [6.45, 7) is 0.668. The lowest BCUT2D eigenvalue weighted by Crippen LogP contribution is -2.24. The third kappa shape index (κ3) is 3.87. The van der Waals surface area contributed by atoms with E-state index in [0.717, 1.165) is 17.2 Å². The summed E-state index contributed by atoms with van der Waals surface area (Å²) in [5.74, 6) is -0.586. The molecule has 0 bridgehead atoms. The summed E-state index contributed by atoms with van der Waals surface area (Å²) in [5, 5.41) is 4.16. The summed E-state index contributed by atoms with van der Waals surface area (Å²) in [5.41, 5.74) is 1.80. The van der Waals surface area contributed by atoms with Crippen molar-refractivity contribution in [2.75, 3.05) is 0 Å². The third-order valence-corrected chi connectivity index (χ3v) is 4.97. The predicted octanol–water partition coefficient (Wildman–Crippen LogP) is 2.55. The Labute approximate surface area is 139 Å². The molecule has 0 unspecified atom stereocenters. The average molecular weight is 345 g/mol. The molecule has 0 saturated heterocycles. The summed E-state index contributed by atoms with van der Waals surface area (Å²) < 4.78 is 42.1. The average Bonchev–Trinajstić information content (AvgIpc) is 3.07. The molecule has 0 aliphatic heterocycles. The highest BCUT2D eigenvalue weighted by molar-refractivity contribution is 7.89. The van der Waals surface area contributed by atoms with E-state index in [4.69, 9.17) is 0 Å². The molecular weight excluding hydrogens is 329 g/mol. The van der Waals surface area contributed by atoms with Crippen LogP contribution in [-0.4, -0.2) is 18.2 Å². The van der Waals surface area contributed by atoms with Crippen molar-refractivity contribution in [3.05, 3.63) is 83.9 Å². The number of halogens is 1. The number of sulfonamides is 1. The van der Waals surface area contributed by atoms with Crippen molar-refractivity contribution >= 4 is 10.0 Å². The lowest BCUT2D eigenvalue weighted by molar-refractivity contribution is 0.576. The molecule has 0 atom stereocenters. The first-order valence-corrected chi connectivity index (χ1v) is 8.82. The van der Waals surface area contributed by atoms with Crippen LogP contribution in [0.5, 0.6) is 0 Å². The Morgan fingerprint density at radius 1 is 1.04 bits per heavy atom. The molecule has 0 amide bonds. The van der Waals surface area contributed by atoms with Gasteiger partial charge in [0, 0.05) is 18.9 Å². The highest BCUT2D eigenvalue weighted by Gasteiger charge is 2.15. The lowest BCUT2D eigenvalue weighted by Gasteiger charge is -2.11. The molecule has 24 heavy (non-hydrogen) atoms. The van der Waals surface area contributed by atoms with Crippen molar-refractivity contribution in [3.63, 3.8) is 0 Å². The van der Waals surface area contributed by atoms with E-state index in [1.54, 1.807) is 10.9 Å². The van der Waals surface area contributed by atoms with Gasteiger partial charge in [0.2, 0.25) is 10.0 Å². The van der Waals surface area contributed by atoms with Crippen LogP contribution in [0, 0.1) is 5.82 Å². The quantitative estimate of drug-likeness (QED) is 0.747. The van der Waals surface area contributed by atoms with E-state index in [-0.39, 0.29) is 11.4 Å². The van der Waals surface area contributed by atoms with E-state index in [1.807, 2.05) is 36.5 Å². The first-order chi connectivity index (χ1) is 11.5. The number of nitrogens with zero attached hydrogens (tertiary/aromatic N) is 2. The Hall–Kier alpha value is -2.51. The summed E-state index contributed by atoms with van der Waals surface area (Å²) in [6.07, 6.45) is 3.53. The van der Waals surface area contributed by atoms with Gasteiger partial charge in [0.15, 0.2) is 0 Å². The standard InChI is InChI=1S/C17H16FN3O2S/c18-16-7-3-8-17(11-16)24(22,23)20-12-14-5-1-2-6-15(14)13-21-10-4-9-19-21/h1-11,20H,12-13H2. The van der Waals surface area contributed by atoms with Crippen molar-refractivity contribution in [1.82, 2.24) is 14.5 Å². The van der Waals surface area contributed by atoms with Gasteiger partial charge >= 0.3 is 0 Å². The number of benzene rings is 2. The summed E-state index contributed by atoms with van der Waals surface area (Å²) in [7, 11) is -3.77. The smallest absolute Gasteiger partial charge is 0.240 e. The van der Waals surface area contributed by atoms with Gasteiger partial charge in [-0.2, -0.15) is 5.10 Å². The van der Waals surface area contributed by atoms with Gasteiger partial charge in [0.05, 0.1) is 11.4 Å². The maximum Gasteiger partial charge on any atom is 0.240 e. The van der Waals surface area contributed by atoms with Crippen LogP contribution in [0.25, 0.3) is 0 Å². The molecule has 0 radical (unpaired) electrons. The first kappa shape index (κ1) is 16.4. The SMILES string of the molecule is O=S(=O)(NCc1ccccc1Cn1cccn1)c1cccc(F)c1. The topological polar surface area (TPSA) is 64.0 Å². The van der Waals surface area contributed by atoms with Gasteiger partial charge in [-0.25, -0.2) is 17.5 Å². The number of rotatable bonds is 6. The van der Waals surface area contributed by atoms with Gasteiger partial charge < -0.3 is 0 Å². The predicted molar refractivity (Wildman–Crippen MR) is 88.2 cm³/mol. The molecule has 7 heteroatoms. The molecule has 3 aromatic rings. The van der Waals surface area contributed by atoms with Crippen LogP contribution in [0.2, 0.25) is 0 Å². The van der Waals surface area contributed by atoms with Gasteiger partial charge in [0.25, 0.3) is 0 Å². The molecule has 124 valence electrons. The Morgan fingerprint density at radius 3 is 2.54 bits per heavy atom. The van der Waals surface area contributed by atoms with Gasteiger partial charge in [0.1, 0.15) is 5.82 Å². The summed E-state index contributed by atoms with van der Waals surface area (Å²) in [4.78, 5) is -0.0907. The maximum atomic E-state index is 13.2. The zero-order valence-electron chi connectivity index (χ0n) is 12.8. The van der Waals surface area contributed by atoms with Crippen molar-refractivity contribution in [2.24, 2.45) is 0 Å². The van der Waals surface area contributed by atoms with Crippen LogP contribution in [0.15, 0.2) is 71.9 Å². The number of nitrogens with one attached hydrogen (secondary N) is 1. The van der Waals surface area contributed by atoms with Crippen LogP contribution >= 0.6 is 0 Å². The fraction of sp³-hybridized carbons (Fsp3) is 0.118. The van der Waals surface area contributed by atoms with Crippen LogP contribution < -0.4 is 4.72 Å². The highest BCUT2D eigenvalue weighted by atomic mass is 32.2. The molecule has 0 spiro atoms. The molecule has 1 heterocycles. The fourth-order valence-electron chi connectivity index (χ4n) is 2.34. The normalized spacial score (nSPS) is 11.5. The minimum Gasteiger partial charge on any atom is -0.268 e. The van der Waals surface area contributed by atoms with E-state index in [0.29, 0.717) is 6.54 Å². The Morgan fingerprint density at radius 2 is 1.83 bits per heavy atom. The van der Waals surface area contributed by atoms with E-state index in [9.17, 15) is 12.8 Å². The van der Waals surface area contributed by atoms with Crippen molar-refractivity contribution in [3.8, 4) is 0 Å². The van der Waals surface area contributed by atoms with Gasteiger partial charge in [-0.1, -0.05) is 30.3 Å². The maximum absolute atomic E-state index is 13.2. The zero-order chi connectivity index (χ0) is 17.0. The zero-order valence-corrected chi connectivity index (χ0v) is 13.6. The Kier molecular flexibility index (Phi) is 4.73. The second kappa shape index (κ2) is 6.94. The van der Waals surface area contributed by atoms with E-state index in [1.165, 1.54) is 18.2 Å². The molecule has 0 aliphatic rings. The lowest BCUT2D eigenvalue weighted by atomic mass is 10.1. The van der Waals surface area contributed by atoms with Crippen LogP contribution in [0.1, 0.15) is 11.1 Å². The highest BCUT2D eigenvalue weighted by Crippen LogP contribution is 2.14. The number of aromatic nitrogens is 2. The monoisotopic (exact) mass is 345 g/mol. The molecule has 0 fully saturated rings. The largest absolute Gasteiger partial charge is 0.268 e. The van der Waals surface area contributed by atoms with E-state index < -0.39 is 15.8 Å². The molecule has 2 aromatic carbocycles. The van der Waals surface area contributed by atoms with Gasteiger partial charge in [-0.3, -0.25) is 4.68 Å². The molecule has 1 N–H and O–H groups in total. The van der Waals surface area contributed by atoms with E-state index >= 15 is 0 Å². The van der Waals surface area contributed by atoms with Crippen LogP contribution in [0.3, 0.4) is 0 Å². The minimum atomic E-state index is -3.77. The van der Waals surface area contributed by atoms with Gasteiger partial charge in [-0.05, 0) is 35.4 Å². The minimum absolute atomic E-state index is 0.0907. The summed E-state index contributed by atoms with van der Waals surface area (Å²) >= 11 is 0. The van der Waals surface area contributed by atoms with E-state index in [2.05, 4.69) is 9.82 Å². The Bertz CT molecular complexity index is 925. The molecule has 0 aliphatic carbocycles. The van der Waals surface area contributed by atoms with Crippen molar-refractivity contribution in [1.29, 1.82) is 0 Å². The van der Waals surface area contributed by atoms with Gasteiger partial charge in [-0.15, -0.1) is 0 Å². The third-order valence-electron chi connectivity index (χ3n) is 3.57.